The molecule has 0 bridgehead atoms. The van der Waals surface area contributed by atoms with Gasteiger partial charge in [-0.05, 0) is 24.6 Å². The molecule has 0 atom stereocenters. The van der Waals surface area contributed by atoms with Crippen LogP contribution in [0.1, 0.15) is 32.2 Å². The Hall–Kier alpha value is -1.31. The Labute approximate surface area is 84.6 Å². The molecule has 0 aliphatic carbocycles. The van der Waals surface area contributed by atoms with Crippen LogP contribution in [0.25, 0.3) is 5.52 Å². The number of fused-ring (bicyclic) bond motifs is 1. The highest BCUT2D eigenvalue weighted by atomic mass is 15.0. The summed E-state index contributed by atoms with van der Waals surface area (Å²) in [5, 5.41) is 0. The van der Waals surface area contributed by atoms with Crippen molar-refractivity contribution in [2.45, 2.75) is 33.1 Å². The van der Waals surface area contributed by atoms with Crippen molar-refractivity contribution in [3.63, 3.8) is 0 Å². The molecule has 0 aromatic carbocycles. The molecule has 0 radical (unpaired) electrons. The monoisotopic (exact) mass is 188 g/mol. The Balaban J connectivity index is 2.77. The summed E-state index contributed by atoms with van der Waals surface area (Å²) in [5.41, 5.74) is 2.59. The van der Waals surface area contributed by atoms with E-state index in [0.29, 0.717) is 0 Å². The maximum atomic E-state index is 4.45. The molecule has 0 fully saturated rings. The molecule has 0 saturated carbocycles. The third-order valence-electron chi connectivity index (χ3n) is 2.33. The van der Waals surface area contributed by atoms with Crippen LogP contribution in [0.5, 0.6) is 0 Å². The van der Waals surface area contributed by atoms with E-state index < -0.39 is 0 Å². The molecule has 0 spiro atoms. The second kappa shape index (κ2) is 2.84. The van der Waals surface area contributed by atoms with Crippen LogP contribution in [-0.4, -0.2) is 9.38 Å². The van der Waals surface area contributed by atoms with E-state index in [1.165, 1.54) is 11.1 Å². The Morgan fingerprint density at radius 1 is 1.29 bits per heavy atom. The van der Waals surface area contributed by atoms with Gasteiger partial charge in [0, 0.05) is 23.3 Å². The lowest BCUT2D eigenvalue weighted by atomic mass is 9.95. The SMILES string of the molecule is Cc1cc2ccnc(C(C)(C)C)n2c1. The van der Waals surface area contributed by atoms with Gasteiger partial charge in [-0.1, -0.05) is 20.8 Å². The van der Waals surface area contributed by atoms with Crippen LogP contribution in [0, 0.1) is 6.92 Å². The number of rotatable bonds is 0. The molecule has 0 saturated heterocycles. The lowest BCUT2D eigenvalue weighted by Crippen LogP contribution is -2.17. The summed E-state index contributed by atoms with van der Waals surface area (Å²) >= 11 is 0. The van der Waals surface area contributed by atoms with E-state index in [4.69, 9.17) is 0 Å². The molecule has 0 N–H and O–H groups in total. The number of aryl methyl sites for hydroxylation is 1. The van der Waals surface area contributed by atoms with E-state index in [1.807, 2.05) is 12.3 Å². The minimum atomic E-state index is 0.0883. The lowest BCUT2D eigenvalue weighted by molar-refractivity contribution is 0.536. The summed E-state index contributed by atoms with van der Waals surface area (Å²) in [4.78, 5) is 4.45. The fourth-order valence-corrected chi connectivity index (χ4v) is 1.73. The zero-order valence-electron chi connectivity index (χ0n) is 9.20. The highest BCUT2D eigenvalue weighted by molar-refractivity contribution is 5.50. The molecule has 2 nitrogen and oxygen atoms in total. The van der Waals surface area contributed by atoms with Crippen molar-refractivity contribution in [3.8, 4) is 0 Å². The van der Waals surface area contributed by atoms with Gasteiger partial charge in [-0.25, -0.2) is 4.98 Å². The number of nitrogens with zero attached hydrogens (tertiary/aromatic N) is 2. The van der Waals surface area contributed by atoms with Crippen molar-refractivity contribution in [1.82, 2.24) is 9.38 Å². The Morgan fingerprint density at radius 3 is 2.64 bits per heavy atom. The van der Waals surface area contributed by atoms with Crippen LogP contribution in [-0.2, 0) is 5.41 Å². The van der Waals surface area contributed by atoms with Crippen LogP contribution in [0.4, 0.5) is 0 Å². The quantitative estimate of drug-likeness (QED) is 0.621. The third kappa shape index (κ3) is 1.41. The van der Waals surface area contributed by atoms with Crippen LogP contribution in [0.3, 0.4) is 0 Å². The topological polar surface area (TPSA) is 17.3 Å². The molecule has 2 aromatic heterocycles. The molecule has 2 rings (SSSR count). The average Bonchev–Trinajstić information content (AvgIpc) is 2.41. The number of hydrogen-bond acceptors (Lipinski definition) is 1. The van der Waals surface area contributed by atoms with Gasteiger partial charge in [-0.15, -0.1) is 0 Å². The van der Waals surface area contributed by atoms with Gasteiger partial charge in [0.2, 0.25) is 0 Å². The maximum absolute atomic E-state index is 4.45. The van der Waals surface area contributed by atoms with Crippen molar-refractivity contribution in [2.24, 2.45) is 0 Å². The van der Waals surface area contributed by atoms with Crippen molar-refractivity contribution >= 4 is 5.52 Å². The van der Waals surface area contributed by atoms with E-state index in [0.717, 1.165) is 5.82 Å². The van der Waals surface area contributed by atoms with Crippen LogP contribution in [0.2, 0.25) is 0 Å². The average molecular weight is 188 g/mol. The molecule has 2 heteroatoms. The highest BCUT2D eigenvalue weighted by Gasteiger charge is 2.18. The van der Waals surface area contributed by atoms with E-state index in [2.05, 4.69) is 49.3 Å². The second-order valence-electron chi connectivity index (χ2n) is 4.83. The summed E-state index contributed by atoms with van der Waals surface area (Å²) in [7, 11) is 0. The van der Waals surface area contributed by atoms with Gasteiger partial charge < -0.3 is 4.40 Å². The summed E-state index contributed by atoms with van der Waals surface area (Å²) < 4.78 is 2.18. The zero-order chi connectivity index (χ0) is 10.3. The second-order valence-corrected chi connectivity index (χ2v) is 4.83. The standard InChI is InChI=1S/C12H16N2/c1-9-7-10-5-6-13-11(12(2,3)4)14(10)8-9/h5-8H,1-4H3. The molecule has 74 valence electrons. The van der Waals surface area contributed by atoms with Crippen molar-refractivity contribution in [3.05, 3.63) is 35.9 Å². The first-order chi connectivity index (χ1) is 6.48. The summed E-state index contributed by atoms with van der Waals surface area (Å²) in [6.07, 6.45) is 4.03. The molecule has 2 heterocycles. The third-order valence-corrected chi connectivity index (χ3v) is 2.33. The molecule has 0 aliphatic heterocycles. The highest BCUT2D eigenvalue weighted by Crippen LogP contribution is 2.22. The van der Waals surface area contributed by atoms with E-state index in [9.17, 15) is 0 Å². The first kappa shape index (κ1) is 9.25. The molecule has 2 aromatic rings. The molecular formula is C12H16N2. The fraction of sp³-hybridized carbons (Fsp3) is 0.417. The van der Waals surface area contributed by atoms with Crippen LogP contribution >= 0.6 is 0 Å². The van der Waals surface area contributed by atoms with Crippen molar-refractivity contribution in [2.75, 3.05) is 0 Å². The first-order valence-corrected chi connectivity index (χ1v) is 4.93. The minimum Gasteiger partial charge on any atom is -0.305 e. The van der Waals surface area contributed by atoms with Gasteiger partial charge in [-0.2, -0.15) is 0 Å². The first-order valence-electron chi connectivity index (χ1n) is 4.93. The van der Waals surface area contributed by atoms with Gasteiger partial charge in [0.1, 0.15) is 5.82 Å². The van der Waals surface area contributed by atoms with E-state index in [1.54, 1.807) is 0 Å². The van der Waals surface area contributed by atoms with Gasteiger partial charge in [-0.3, -0.25) is 0 Å². The summed E-state index contributed by atoms with van der Waals surface area (Å²) in [6, 6.07) is 4.22. The normalized spacial score (nSPS) is 12.3. The van der Waals surface area contributed by atoms with Crippen molar-refractivity contribution in [1.29, 1.82) is 0 Å². The fourth-order valence-electron chi connectivity index (χ4n) is 1.73. The predicted molar refractivity (Wildman–Crippen MR) is 58.6 cm³/mol. The van der Waals surface area contributed by atoms with Gasteiger partial charge in [0.15, 0.2) is 0 Å². The number of hydrogen-bond donors (Lipinski definition) is 0. The minimum absolute atomic E-state index is 0.0883. The number of aromatic nitrogens is 2. The molecule has 0 aliphatic rings. The Morgan fingerprint density at radius 2 is 2.00 bits per heavy atom. The summed E-state index contributed by atoms with van der Waals surface area (Å²) in [5.74, 6) is 1.11. The van der Waals surface area contributed by atoms with E-state index in [-0.39, 0.29) is 5.41 Å². The largest absolute Gasteiger partial charge is 0.305 e. The van der Waals surface area contributed by atoms with Crippen LogP contribution in [0.15, 0.2) is 24.5 Å². The van der Waals surface area contributed by atoms with Gasteiger partial charge >= 0.3 is 0 Å². The van der Waals surface area contributed by atoms with E-state index >= 15 is 0 Å². The summed E-state index contributed by atoms with van der Waals surface area (Å²) in [6.45, 7) is 8.66. The lowest BCUT2D eigenvalue weighted by Gasteiger charge is -2.19. The molecule has 0 unspecified atom stereocenters. The smallest absolute Gasteiger partial charge is 0.118 e. The van der Waals surface area contributed by atoms with Crippen LogP contribution < -0.4 is 0 Å². The van der Waals surface area contributed by atoms with Gasteiger partial charge in [0.25, 0.3) is 0 Å². The zero-order valence-corrected chi connectivity index (χ0v) is 9.20. The Bertz CT molecular complexity index is 461. The molecular weight excluding hydrogens is 172 g/mol. The Kier molecular flexibility index (Phi) is 1.88. The van der Waals surface area contributed by atoms with Crippen molar-refractivity contribution < 1.29 is 0 Å². The molecule has 14 heavy (non-hydrogen) atoms. The predicted octanol–water partition coefficient (Wildman–Crippen LogP) is 2.94. The maximum Gasteiger partial charge on any atom is 0.118 e. The van der Waals surface area contributed by atoms with Gasteiger partial charge in [0.05, 0.1) is 0 Å². The molecule has 0 amide bonds.